The predicted molar refractivity (Wildman–Crippen MR) is 155 cm³/mol. The molecular weight excluding hydrogens is 563 g/mol. The summed E-state index contributed by atoms with van der Waals surface area (Å²) in [6.07, 6.45) is 5.35. The van der Waals surface area contributed by atoms with E-state index in [1.54, 1.807) is 37.6 Å². The number of nitrogens with zero attached hydrogens (tertiary/aromatic N) is 4. The lowest BCUT2D eigenvalue weighted by atomic mass is 10.1. The highest BCUT2D eigenvalue weighted by Gasteiger charge is 2.44. The largest absolute Gasteiger partial charge is 0.490 e. The van der Waals surface area contributed by atoms with Crippen LogP contribution in [-0.2, 0) is 24.4 Å². The average molecular weight is 595 g/mol. The molecule has 1 saturated heterocycles. The van der Waals surface area contributed by atoms with E-state index in [4.69, 9.17) is 30.8 Å². The molecule has 2 aliphatic rings. The lowest BCUT2D eigenvalue weighted by Crippen LogP contribution is -2.38. The van der Waals surface area contributed by atoms with Gasteiger partial charge in [-0.25, -0.2) is 14.2 Å². The summed E-state index contributed by atoms with van der Waals surface area (Å²) in [4.78, 5) is 23.2. The minimum atomic E-state index is -0.953. The summed E-state index contributed by atoms with van der Waals surface area (Å²) in [5.74, 6) is 0.249. The Hall–Kier alpha value is -3.73. The Morgan fingerprint density at radius 3 is 2.67 bits per heavy atom. The smallest absolute Gasteiger partial charge is 0.335 e. The number of aromatic nitrogens is 3. The van der Waals surface area contributed by atoms with E-state index in [-0.39, 0.29) is 29.6 Å². The van der Waals surface area contributed by atoms with Gasteiger partial charge in [0.25, 0.3) is 0 Å². The van der Waals surface area contributed by atoms with Crippen LogP contribution in [0.3, 0.4) is 0 Å². The van der Waals surface area contributed by atoms with Gasteiger partial charge in [0.1, 0.15) is 24.3 Å². The second kappa shape index (κ2) is 11.9. The number of benzene rings is 2. The number of likely N-dealkylation sites (tertiary alicyclic amines) is 1. The highest BCUT2D eigenvalue weighted by Crippen LogP contribution is 2.41. The van der Waals surface area contributed by atoms with Crippen LogP contribution in [0.15, 0.2) is 54.7 Å². The van der Waals surface area contributed by atoms with Crippen molar-refractivity contribution in [3.63, 3.8) is 0 Å². The molecular formula is C31H32ClFN4O5. The number of hydrogen-bond donors (Lipinski definition) is 1. The minimum Gasteiger partial charge on any atom is -0.490 e. The molecule has 3 heterocycles. The monoisotopic (exact) mass is 594 g/mol. The molecule has 2 aromatic carbocycles. The number of rotatable bonds is 11. The lowest BCUT2D eigenvalue weighted by molar-refractivity contribution is 0.0633. The topological polar surface area (TPSA) is 98.9 Å². The van der Waals surface area contributed by atoms with Gasteiger partial charge in [0.2, 0.25) is 0 Å². The second-order valence-electron chi connectivity index (χ2n) is 10.9. The van der Waals surface area contributed by atoms with Crippen molar-refractivity contribution in [2.24, 2.45) is 0 Å². The first-order valence-corrected chi connectivity index (χ1v) is 14.4. The maximum absolute atomic E-state index is 14.0. The quantitative estimate of drug-likeness (QED) is 0.235. The van der Waals surface area contributed by atoms with Gasteiger partial charge in [0.05, 0.1) is 41.0 Å². The van der Waals surface area contributed by atoms with Crippen molar-refractivity contribution in [1.82, 2.24) is 19.4 Å². The summed E-state index contributed by atoms with van der Waals surface area (Å²) in [5, 5.41) is 9.84. The molecule has 0 atom stereocenters. The first-order valence-electron chi connectivity index (χ1n) is 14.0. The molecule has 0 unspecified atom stereocenters. The van der Waals surface area contributed by atoms with Gasteiger partial charge in [-0.1, -0.05) is 11.6 Å². The summed E-state index contributed by atoms with van der Waals surface area (Å²) in [6.45, 7) is 3.08. The number of aromatic carboxylic acids is 1. The van der Waals surface area contributed by atoms with Gasteiger partial charge in [-0.3, -0.25) is 9.88 Å². The second-order valence-corrected chi connectivity index (χ2v) is 11.4. The van der Waals surface area contributed by atoms with Crippen LogP contribution in [0, 0.1) is 5.82 Å². The summed E-state index contributed by atoms with van der Waals surface area (Å²) in [7, 11) is 1.73. The van der Waals surface area contributed by atoms with Gasteiger partial charge in [-0.15, -0.1) is 0 Å². The molecule has 9 nitrogen and oxygen atoms in total. The summed E-state index contributed by atoms with van der Waals surface area (Å²) in [5.41, 5.74) is 2.28. The van der Waals surface area contributed by atoms with Crippen molar-refractivity contribution in [2.45, 2.75) is 57.1 Å². The van der Waals surface area contributed by atoms with Crippen molar-refractivity contribution in [3.8, 4) is 11.5 Å². The molecule has 42 heavy (non-hydrogen) atoms. The van der Waals surface area contributed by atoms with Crippen LogP contribution in [0.1, 0.15) is 47.6 Å². The Balaban J connectivity index is 1.08. The van der Waals surface area contributed by atoms with Gasteiger partial charge >= 0.3 is 5.97 Å². The molecule has 0 bridgehead atoms. The first kappa shape index (κ1) is 28.4. The molecule has 1 saturated carbocycles. The van der Waals surface area contributed by atoms with Gasteiger partial charge in [0, 0.05) is 37.5 Å². The van der Waals surface area contributed by atoms with Gasteiger partial charge in [-0.2, -0.15) is 0 Å². The zero-order valence-electron chi connectivity index (χ0n) is 23.3. The zero-order valence-corrected chi connectivity index (χ0v) is 24.0. The SMILES string of the molecule is COC1(Cn2c(CN3CCC(Oc4ccnc(COc5ccc(Cl)cc5F)c4)CC3)nc3ccc(C(=O)O)cc32)CC1. The van der Waals surface area contributed by atoms with E-state index in [9.17, 15) is 14.3 Å². The molecule has 220 valence electrons. The number of methoxy groups -OCH3 is 1. The van der Waals surface area contributed by atoms with Crippen LogP contribution in [-0.4, -0.2) is 62.4 Å². The number of carbonyl (C=O) groups is 1. The molecule has 2 fully saturated rings. The van der Waals surface area contributed by atoms with Crippen LogP contribution in [0.25, 0.3) is 11.0 Å². The van der Waals surface area contributed by atoms with Gasteiger partial charge < -0.3 is 23.9 Å². The van der Waals surface area contributed by atoms with Crippen LogP contribution in [0.4, 0.5) is 4.39 Å². The fraction of sp³-hybridized carbons (Fsp3) is 0.387. The normalized spacial score (nSPS) is 16.9. The standard InChI is InChI=1S/C31H32ClFN4O5/c1-40-31(9-10-31)19-37-27-14-20(30(38)39)2-4-26(27)35-29(37)17-36-12-7-23(8-13-36)42-24-6-11-34-22(16-24)18-41-28-5-3-21(32)15-25(28)33/h2-6,11,14-16,23H,7-10,12-13,17-19H2,1H3,(H,38,39). The van der Waals surface area contributed by atoms with E-state index in [2.05, 4.69) is 14.5 Å². The van der Waals surface area contributed by atoms with Crippen molar-refractivity contribution in [2.75, 3.05) is 20.2 Å². The van der Waals surface area contributed by atoms with Gasteiger partial charge in [-0.05, 0) is 68.1 Å². The van der Waals surface area contributed by atoms with E-state index in [0.717, 1.165) is 55.6 Å². The Morgan fingerprint density at radius 2 is 1.95 bits per heavy atom. The molecule has 0 radical (unpaired) electrons. The Bertz CT molecular complexity index is 1600. The molecule has 1 aliphatic heterocycles. The molecule has 0 amide bonds. The van der Waals surface area contributed by atoms with E-state index in [1.165, 1.54) is 12.1 Å². The molecule has 2 aromatic heterocycles. The number of carboxylic acid groups (broad SMARTS) is 1. The van der Waals surface area contributed by atoms with Crippen molar-refractivity contribution >= 4 is 28.6 Å². The van der Waals surface area contributed by atoms with Crippen LogP contribution in [0.2, 0.25) is 5.02 Å². The first-order chi connectivity index (χ1) is 20.3. The third-order valence-corrected chi connectivity index (χ3v) is 8.26. The highest BCUT2D eigenvalue weighted by atomic mass is 35.5. The Kier molecular flexibility index (Phi) is 8.02. The van der Waals surface area contributed by atoms with E-state index < -0.39 is 11.8 Å². The number of halogens is 2. The van der Waals surface area contributed by atoms with Crippen molar-refractivity contribution in [3.05, 3.63) is 82.6 Å². The minimum absolute atomic E-state index is 0.0475. The molecule has 1 aliphatic carbocycles. The average Bonchev–Trinajstić information content (AvgIpc) is 3.69. The van der Waals surface area contributed by atoms with Crippen LogP contribution in [0.5, 0.6) is 11.5 Å². The molecule has 11 heteroatoms. The maximum Gasteiger partial charge on any atom is 0.335 e. The predicted octanol–water partition coefficient (Wildman–Crippen LogP) is 5.72. The van der Waals surface area contributed by atoms with Gasteiger partial charge in [0.15, 0.2) is 11.6 Å². The molecule has 4 aromatic rings. The van der Waals surface area contributed by atoms with E-state index in [0.29, 0.717) is 29.6 Å². The number of pyridine rings is 1. The molecule has 6 rings (SSSR count). The molecule has 0 spiro atoms. The maximum atomic E-state index is 14.0. The fourth-order valence-electron chi connectivity index (χ4n) is 5.39. The van der Waals surface area contributed by atoms with Crippen molar-refractivity contribution < 1.29 is 28.5 Å². The number of fused-ring (bicyclic) bond motifs is 1. The Labute approximate surface area is 247 Å². The number of carboxylic acids is 1. The summed E-state index contributed by atoms with van der Waals surface area (Å²) >= 11 is 5.81. The van der Waals surface area contributed by atoms with E-state index in [1.807, 2.05) is 12.1 Å². The molecule has 1 N–H and O–H groups in total. The summed E-state index contributed by atoms with van der Waals surface area (Å²) in [6, 6.07) is 13.0. The summed E-state index contributed by atoms with van der Waals surface area (Å²) < 4.78 is 33.8. The number of piperidine rings is 1. The third-order valence-electron chi connectivity index (χ3n) is 8.02. The highest BCUT2D eigenvalue weighted by molar-refractivity contribution is 6.30. The number of imidazole rings is 1. The van der Waals surface area contributed by atoms with E-state index >= 15 is 0 Å². The number of ether oxygens (including phenoxy) is 3. The lowest BCUT2D eigenvalue weighted by Gasteiger charge is -2.32. The van der Waals surface area contributed by atoms with Crippen molar-refractivity contribution in [1.29, 1.82) is 0 Å². The fourth-order valence-corrected chi connectivity index (χ4v) is 5.55. The zero-order chi connectivity index (χ0) is 29.3. The Morgan fingerprint density at radius 1 is 1.14 bits per heavy atom. The number of hydrogen-bond acceptors (Lipinski definition) is 7. The van der Waals surface area contributed by atoms with Crippen LogP contribution >= 0.6 is 11.6 Å². The van der Waals surface area contributed by atoms with Crippen LogP contribution < -0.4 is 9.47 Å². The third kappa shape index (κ3) is 6.35.